The number of likely N-dealkylation sites (N-methyl/N-ethyl adjacent to an activating group) is 1. The summed E-state index contributed by atoms with van der Waals surface area (Å²) in [7, 11) is 4.08. The van der Waals surface area contributed by atoms with Crippen LogP contribution < -0.4 is 5.32 Å². The van der Waals surface area contributed by atoms with Crippen LogP contribution in [-0.4, -0.2) is 61.0 Å². The molecule has 0 spiro atoms. The minimum absolute atomic E-state index is 0.222. The van der Waals surface area contributed by atoms with Gasteiger partial charge >= 0.3 is 0 Å². The van der Waals surface area contributed by atoms with E-state index in [0.29, 0.717) is 6.04 Å². The van der Waals surface area contributed by atoms with Crippen LogP contribution in [-0.2, 0) is 4.79 Å². The van der Waals surface area contributed by atoms with Gasteiger partial charge in [-0.15, -0.1) is 0 Å². The van der Waals surface area contributed by atoms with Gasteiger partial charge in [0.2, 0.25) is 5.91 Å². The molecule has 1 saturated heterocycles. The molecule has 1 N–H and O–H groups in total. The highest BCUT2D eigenvalue weighted by Crippen LogP contribution is 2.16. The Morgan fingerprint density at radius 1 is 1.50 bits per heavy atom. The third-order valence-corrected chi connectivity index (χ3v) is 3.24. The van der Waals surface area contributed by atoms with Gasteiger partial charge in [0.25, 0.3) is 0 Å². The van der Waals surface area contributed by atoms with E-state index in [9.17, 15) is 4.79 Å². The lowest BCUT2D eigenvalue weighted by molar-refractivity contribution is -0.138. The van der Waals surface area contributed by atoms with Gasteiger partial charge in [0.1, 0.15) is 0 Å². The SMILES string of the molecule is CC1CCNC(C)(C)C(=O)N1CCN(C)C. The lowest BCUT2D eigenvalue weighted by Crippen LogP contribution is -2.54. The Kier molecular flexibility index (Phi) is 4.33. The molecule has 4 heteroatoms. The molecule has 4 nitrogen and oxygen atoms in total. The second kappa shape index (κ2) is 5.15. The molecule has 1 heterocycles. The fourth-order valence-corrected chi connectivity index (χ4v) is 2.01. The molecule has 16 heavy (non-hydrogen) atoms. The highest BCUT2D eigenvalue weighted by Gasteiger charge is 2.36. The van der Waals surface area contributed by atoms with Crippen LogP contribution in [0.25, 0.3) is 0 Å². The summed E-state index contributed by atoms with van der Waals surface area (Å²) in [4.78, 5) is 16.5. The minimum Gasteiger partial charge on any atom is -0.337 e. The summed E-state index contributed by atoms with van der Waals surface area (Å²) in [6.07, 6.45) is 1.03. The number of hydrogen-bond acceptors (Lipinski definition) is 3. The average Bonchev–Trinajstić information content (AvgIpc) is 2.24. The molecule has 1 aliphatic heterocycles. The molecule has 0 bridgehead atoms. The molecular formula is C12H25N3O. The first kappa shape index (κ1) is 13.5. The first-order valence-electron chi connectivity index (χ1n) is 6.05. The molecule has 1 amide bonds. The van der Waals surface area contributed by atoms with Crippen LogP contribution in [0.4, 0.5) is 0 Å². The molecule has 0 aromatic rings. The molecule has 1 atom stereocenters. The van der Waals surface area contributed by atoms with Crippen molar-refractivity contribution in [1.82, 2.24) is 15.1 Å². The van der Waals surface area contributed by atoms with Crippen molar-refractivity contribution >= 4 is 5.91 Å². The van der Waals surface area contributed by atoms with Crippen molar-refractivity contribution in [1.29, 1.82) is 0 Å². The van der Waals surface area contributed by atoms with E-state index in [0.717, 1.165) is 26.1 Å². The molecule has 1 fully saturated rings. The second-order valence-corrected chi connectivity index (χ2v) is 5.49. The topological polar surface area (TPSA) is 35.6 Å². The van der Waals surface area contributed by atoms with Crippen molar-refractivity contribution in [2.75, 3.05) is 33.7 Å². The van der Waals surface area contributed by atoms with E-state index in [1.165, 1.54) is 0 Å². The van der Waals surface area contributed by atoms with Gasteiger partial charge in [0, 0.05) is 19.1 Å². The average molecular weight is 227 g/mol. The van der Waals surface area contributed by atoms with Crippen LogP contribution in [0.5, 0.6) is 0 Å². The summed E-state index contributed by atoms with van der Waals surface area (Å²) in [6, 6.07) is 0.335. The van der Waals surface area contributed by atoms with Crippen LogP contribution in [0, 0.1) is 0 Å². The van der Waals surface area contributed by atoms with Crippen LogP contribution in [0.3, 0.4) is 0 Å². The van der Waals surface area contributed by atoms with Crippen molar-refractivity contribution in [2.24, 2.45) is 0 Å². The molecule has 0 aromatic heterocycles. The third-order valence-electron chi connectivity index (χ3n) is 3.24. The van der Waals surface area contributed by atoms with Crippen molar-refractivity contribution in [2.45, 2.75) is 38.8 Å². The maximum absolute atomic E-state index is 12.3. The smallest absolute Gasteiger partial charge is 0.242 e. The van der Waals surface area contributed by atoms with E-state index in [4.69, 9.17) is 0 Å². The number of carbonyl (C=O) groups excluding carboxylic acids is 1. The molecule has 0 radical (unpaired) electrons. The first-order chi connectivity index (χ1) is 7.34. The fraction of sp³-hybridized carbons (Fsp3) is 0.917. The summed E-state index contributed by atoms with van der Waals surface area (Å²) in [6.45, 7) is 8.73. The van der Waals surface area contributed by atoms with Gasteiger partial charge in [-0.1, -0.05) is 0 Å². The van der Waals surface area contributed by atoms with Gasteiger partial charge in [0.05, 0.1) is 5.54 Å². The van der Waals surface area contributed by atoms with E-state index in [-0.39, 0.29) is 5.91 Å². The maximum atomic E-state index is 12.3. The lowest BCUT2D eigenvalue weighted by atomic mass is 10.0. The molecular weight excluding hydrogens is 202 g/mol. The van der Waals surface area contributed by atoms with Crippen LogP contribution >= 0.6 is 0 Å². The summed E-state index contributed by atoms with van der Waals surface area (Å²) < 4.78 is 0. The quantitative estimate of drug-likeness (QED) is 0.764. The molecule has 1 aliphatic rings. The Hall–Kier alpha value is -0.610. The van der Waals surface area contributed by atoms with Gasteiger partial charge in [-0.05, 0) is 47.8 Å². The zero-order valence-corrected chi connectivity index (χ0v) is 11.2. The number of amides is 1. The highest BCUT2D eigenvalue weighted by molar-refractivity contribution is 5.86. The van der Waals surface area contributed by atoms with Gasteiger partial charge < -0.3 is 15.1 Å². The zero-order valence-electron chi connectivity index (χ0n) is 11.2. The van der Waals surface area contributed by atoms with E-state index in [2.05, 4.69) is 17.1 Å². The number of carbonyl (C=O) groups is 1. The van der Waals surface area contributed by atoms with Crippen LogP contribution in [0.2, 0.25) is 0 Å². The predicted octanol–water partition coefficient (Wildman–Crippen LogP) is 0.537. The van der Waals surface area contributed by atoms with Crippen LogP contribution in [0.15, 0.2) is 0 Å². The first-order valence-corrected chi connectivity index (χ1v) is 6.05. The van der Waals surface area contributed by atoms with Gasteiger partial charge in [-0.3, -0.25) is 4.79 Å². The minimum atomic E-state index is -0.420. The van der Waals surface area contributed by atoms with Gasteiger partial charge in [-0.2, -0.15) is 0 Å². The fourth-order valence-electron chi connectivity index (χ4n) is 2.01. The maximum Gasteiger partial charge on any atom is 0.242 e. The number of rotatable bonds is 3. The van der Waals surface area contributed by atoms with Gasteiger partial charge in [0.15, 0.2) is 0 Å². The molecule has 0 saturated carbocycles. The number of hydrogen-bond donors (Lipinski definition) is 1. The van der Waals surface area contributed by atoms with E-state index in [1.807, 2.05) is 32.8 Å². The Labute approximate surface area is 99.0 Å². The van der Waals surface area contributed by atoms with E-state index < -0.39 is 5.54 Å². The normalized spacial score (nSPS) is 26.0. The van der Waals surface area contributed by atoms with Crippen molar-refractivity contribution < 1.29 is 4.79 Å². The molecule has 0 aromatic carbocycles. The van der Waals surface area contributed by atoms with Crippen molar-refractivity contribution in [3.63, 3.8) is 0 Å². The van der Waals surface area contributed by atoms with E-state index in [1.54, 1.807) is 0 Å². The summed E-state index contributed by atoms with van der Waals surface area (Å²) >= 11 is 0. The van der Waals surface area contributed by atoms with Crippen LogP contribution in [0.1, 0.15) is 27.2 Å². The molecule has 1 rings (SSSR count). The Balaban J connectivity index is 2.72. The van der Waals surface area contributed by atoms with E-state index >= 15 is 0 Å². The second-order valence-electron chi connectivity index (χ2n) is 5.49. The number of nitrogens with zero attached hydrogens (tertiary/aromatic N) is 2. The lowest BCUT2D eigenvalue weighted by Gasteiger charge is -2.33. The predicted molar refractivity (Wildman–Crippen MR) is 66.4 cm³/mol. The summed E-state index contributed by atoms with van der Waals surface area (Å²) in [5.74, 6) is 0.222. The monoisotopic (exact) mass is 227 g/mol. The van der Waals surface area contributed by atoms with Crippen molar-refractivity contribution in [3.05, 3.63) is 0 Å². The Bertz CT molecular complexity index is 251. The molecule has 94 valence electrons. The molecule has 0 aliphatic carbocycles. The third kappa shape index (κ3) is 3.19. The Morgan fingerprint density at radius 2 is 2.12 bits per heavy atom. The Morgan fingerprint density at radius 3 is 2.69 bits per heavy atom. The summed E-state index contributed by atoms with van der Waals surface area (Å²) in [5.41, 5.74) is -0.420. The number of nitrogens with one attached hydrogen (secondary N) is 1. The van der Waals surface area contributed by atoms with Gasteiger partial charge in [-0.25, -0.2) is 0 Å². The highest BCUT2D eigenvalue weighted by atomic mass is 16.2. The zero-order chi connectivity index (χ0) is 12.3. The molecule has 1 unspecified atom stereocenters. The largest absolute Gasteiger partial charge is 0.337 e. The standard InChI is InChI=1S/C12H25N3O/c1-10-6-7-13-12(2,3)11(16)15(10)9-8-14(4)5/h10,13H,6-9H2,1-5H3. The van der Waals surface area contributed by atoms with Crippen molar-refractivity contribution in [3.8, 4) is 0 Å². The summed E-state index contributed by atoms with van der Waals surface area (Å²) in [5, 5.41) is 3.31.